The Bertz CT molecular complexity index is 464. The van der Waals surface area contributed by atoms with Gasteiger partial charge in [0.15, 0.2) is 0 Å². The Morgan fingerprint density at radius 1 is 1.42 bits per heavy atom. The summed E-state index contributed by atoms with van der Waals surface area (Å²) in [5.74, 6) is -3.54. The third-order valence-electron chi connectivity index (χ3n) is 2.92. The number of rotatable bonds is 5. The maximum atomic E-state index is 13.0. The summed E-state index contributed by atoms with van der Waals surface area (Å²) < 4.78 is 26.9. The highest BCUT2D eigenvalue weighted by Gasteiger charge is 2.33. The molecule has 106 valence electrons. The van der Waals surface area contributed by atoms with Gasteiger partial charge in [-0.05, 0) is 31.5 Å². The van der Waals surface area contributed by atoms with Crippen LogP contribution in [0.15, 0.2) is 28.7 Å². The molecule has 1 amide bonds. The molecule has 1 rings (SSSR count). The maximum absolute atomic E-state index is 13.0. The molecule has 0 saturated heterocycles. The highest BCUT2D eigenvalue weighted by molar-refractivity contribution is 9.10. The van der Waals surface area contributed by atoms with Gasteiger partial charge in [0.05, 0.1) is 18.5 Å². The second-order valence-electron chi connectivity index (χ2n) is 4.88. The Balaban J connectivity index is 2.80. The summed E-state index contributed by atoms with van der Waals surface area (Å²) >= 11 is 3.32. The average Bonchev–Trinajstić information content (AvgIpc) is 2.36. The van der Waals surface area contributed by atoms with Crippen molar-refractivity contribution in [2.45, 2.75) is 25.2 Å². The molecule has 0 atom stereocenters. The van der Waals surface area contributed by atoms with Crippen LogP contribution in [0.5, 0.6) is 0 Å². The van der Waals surface area contributed by atoms with Crippen molar-refractivity contribution in [1.29, 1.82) is 0 Å². The van der Waals surface area contributed by atoms with Crippen LogP contribution in [-0.2, 0) is 10.2 Å². The Morgan fingerprint density at radius 3 is 2.58 bits per heavy atom. The van der Waals surface area contributed by atoms with E-state index in [2.05, 4.69) is 21.2 Å². The number of carbonyl (C=O) groups excluding carboxylic acids is 1. The predicted molar refractivity (Wildman–Crippen MR) is 74.2 cm³/mol. The van der Waals surface area contributed by atoms with E-state index in [1.807, 2.05) is 6.07 Å². The molecular weight excluding hydrogens is 318 g/mol. The standard InChI is InChI=1S/C13H17BrF2N2O/c1-12(2,9-4-3-5-10(14)6-9)11(19)18-8-13(15,16)7-17/h3-6H,7-8,17H2,1-2H3,(H,18,19). The average molecular weight is 335 g/mol. The van der Waals surface area contributed by atoms with Crippen LogP contribution in [-0.4, -0.2) is 24.9 Å². The van der Waals surface area contributed by atoms with Crippen LogP contribution < -0.4 is 11.1 Å². The molecule has 0 heterocycles. The second kappa shape index (κ2) is 5.96. The quantitative estimate of drug-likeness (QED) is 0.868. The lowest BCUT2D eigenvalue weighted by Gasteiger charge is -2.25. The number of nitrogens with two attached hydrogens (primary N) is 1. The van der Waals surface area contributed by atoms with E-state index in [1.54, 1.807) is 32.0 Å². The van der Waals surface area contributed by atoms with E-state index in [4.69, 9.17) is 5.73 Å². The minimum atomic E-state index is -3.08. The summed E-state index contributed by atoms with van der Waals surface area (Å²) in [5, 5.41) is 2.25. The molecular formula is C13H17BrF2N2O. The van der Waals surface area contributed by atoms with Crippen molar-refractivity contribution in [2.24, 2.45) is 5.73 Å². The molecule has 0 fully saturated rings. The maximum Gasteiger partial charge on any atom is 0.277 e. The molecule has 6 heteroatoms. The van der Waals surface area contributed by atoms with E-state index in [1.165, 1.54) is 0 Å². The van der Waals surface area contributed by atoms with E-state index in [9.17, 15) is 13.6 Å². The van der Waals surface area contributed by atoms with Crippen LogP contribution in [0.25, 0.3) is 0 Å². The molecule has 3 nitrogen and oxygen atoms in total. The van der Waals surface area contributed by atoms with Crippen LogP contribution in [0.4, 0.5) is 8.78 Å². The van der Waals surface area contributed by atoms with Gasteiger partial charge in [-0.25, -0.2) is 8.78 Å². The van der Waals surface area contributed by atoms with Gasteiger partial charge >= 0.3 is 0 Å². The van der Waals surface area contributed by atoms with Crippen molar-refractivity contribution in [3.8, 4) is 0 Å². The summed E-state index contributed by atoms with van der Waals surface area (Å²) in [6.45, 7) is 1.83. The zero-order valence-corrected chi connectivity index (χ0v) is 12.4. The van der Waals surface area contributed by atoms with Gasteiger partial charge in [-0.1, -0.05) is 28.1 Å². The Labute approximate surface area is 119 Å². The minimum absolute atomic E-state index is 0.460. The first-order valence-electron chi connectivity index (χ1n) is 5.81. The first kappa shape index (κ1) is 16.0. The molecule has 0 saturated carbocycles. The molecule has 1 aromatic carbocycles. The van der Waals surface area contributed by atoms with Crippen molar-refractivity contribution < 1.29 is 13.6 Å². The van der Waals surface area contributed by atoms with Crippen LogP contribution in [0.1, 0.15) is 19.4 Å². The van der Waals surface area contributed by atoms with Crippen LogP contribution in [0.3, 0.4) is 0 Å². The van der Waals surface area contributed by atoms with Crippen molar-refractivity contribution in [3.63, 3.8) is 0 Å². The normalized spacial score (nSPS) is 12.3. The van der Waals surface area contributed by atoms with E-state index in [-0.39, 0.29) is 0 Å². The molecule has 0 aromatic heterocycles. The molecule has 0 aliphatic heterocycles. The number of nitrogens with one attached hydrogen (secondary N) is 1. The van der Waals surface area contributed by atoms with Gasteiger partial charge in [0.2, 0.25) is 5.91 Å². The van der Waals surface area contributed by atoms with Crippen molar-refractivity contribution in [1.82, 2.24) is 5.32 Å². The number of hydrogen-bond acceptors (Lipinski definition) is 2. The lowest BCUT2D eigenvalue weighted by atomic mass is 9.84. The van der Waals surface area contributed by atoms with Gasteiger partial charge in [-0.3, -0.25) is 4.79 Å². The van der Waals surface area contributed by atoms with Gasteiger partial charge in [0, 0.05) is 4.47 Å². The van der Waals surface area contributed by atoms with Crippen molar-refractivity contribution in [3.05, 3.63) is 34.3 Å². The summed E-state index contributed by atoms with van der Waals surface area (Å²) in [6.07, 6.45) is 0. The van der Waals surface area contributed by atoms with Gasteiger partial charge in [0.25, 0.3) is 5.92 Å². The zero-order valence-electron chi connectivity index (χ0n) is 10.8. The molecule has 0 unspecified atom stereocenters. The first-order chi connectivity index (χ1) is 8.69. The second-order valence-corrected chi connectivity index (χ2v) is 5.79. The fourth-order valence-corrected chi connectivity index (χ4v) is 1.91. The highest BCUT2D eigenvalue weighted by atomic mass is 79.9. The Hall–Kier alpha value is -1.01. The molecule has 0 aliphatic carbocycles. The van der Waals surface area contributed by atoms with E-state index >= 15 is 0 Å². The predicted octanol–water partition coefficient (Wildman–Crippen LogP) is 2.44. The van der Waals surface area contributed by atoms with E-state index in [0.717, 1.165) is 10.0 Å². The van der Waals surface area contributed by atoms with Gasteiger partial charge in [-0.2, -0.15) is 0 Å². The monoisotopic (exact) mass is 334 g/mol. The number of hydrogen-bond donors (Lipinski definition) is 2. The van der Waals surface area contributed by atoms with E-state index in [0.29, 0.717) is 0 Å². The van der Waals surface area contributed by atoms with Crippen LogP contribution in [0, 0.1) is 0 Å². The minimum Gasteiger partial charge on any atom is -0.349 e. The molecule has 0 aliphatic rings. The molecule has 0 bridgehead atoms. The lowest BCUT2D eigenvalue weighted by Crippen LogP contribution is -2.47. The van der Waals surface area contributed by atoms with Gasteiger partial charge < -0.3 is 11.1 Å². The summed E-state index contributed by atoms with van der Waals surface area (Å²) in [5.41, 5.74) is 4.78. The highest BCUT2D eigenvalue weighted by Crippen LogP contribution is 2.26. The van der Waals surface area contributed by atoms with Crippen molar-refractivity contribution in [2.75, 3.05) is 13.1 Å². The van der Waals surface area contributed by atoms with Crippen LogP contribution in [0.2, 0.25) is 0 Å². The van der Waals surface area contributed by atoms with Gasteiger partial charge in [0.1, 0.15) is 0 Å². The largest absolute Gasteiger partial charge is 0.349 e. The van der Waals surface area contributed by atoms with Gasteiger partial charge in [-0.15, -0.1) is 0 Å². The smallest absolute Gasteiger partial charge is 0.277 e. The lowest BCUT2D eigenvalue weighted by molar-refractivity contribution is -0.127. The summed E-state index contributed by atoms with van der Waals surface area (Å²) in [7, 11) is 0. The molecule has 19 heavy (non-hydrogen) atoms. The fourth-order valence-electron chi connectivity index (χ4n) is 1.51. The molecule has 0 radical (unpaired) electrons. The number of halogens is 3. The first-order valence-corrected chi connectivity index (χ1v) is 6.60. The molecule has 0 spiro atoms. The Kier molecular flexibility index (Phi) is 5.04. The number of benzene rings is 1. The SMILES string of the molecule is CC(C)(C(=O)NCC(F)(F)CN)c1cccc(Br)c1. The van der Waals surface area contributed by atoms with Crippen LogP contribution >= 0.6 is 15.9 Å². The van der Waals surface area contributed by atoms with Crippen molar-refractivity contribution >= 4 is 21.8 Å². The third-order valence-corrected chi connectivity index (χ3v) is 3.41. The molecule has 3 N–H and O–H groups in total. The summed E-state index contributed by atoms with van der Waals surface area (Å²) in [6, 6.07) is 7.20. The third kappa shape index (κ3) is 4.24. The Morgan fingerprint density at radius 2 is 2.05 bits per heavy atom. The topological polar surface area (TPSA) is 55.1 Å². The van der Waals surface area contributed by atoms with E-state index < -0.39 is 30.3 Å². The number of carbonyl (C=O) groups is 1. The fraction of sp³-hybridized carbons (Fsp3) is 0.462. The molecule has 1 aromatic rings. The summed E-state index contributed by atoms with van der Waals surface area (Å²) in [4.78, 5) is 12.0. The number of alkyl halides is 2. The zero-order chi connectivity index (χ0) is 14.7. The number of amides is 1.